The number of nitrogens with zero attached hydrogens (tertiary/aromatic N) is 8. The molecule has 2 saturated heterocycles. The van der Waals surface area contributed by atoms with E-state index in [4.69, 9.17) is 0 Å². The number of rotatable bonds is 4. The van der Waals surface area contributed by atoms with Gasteiger partial charge in [-0.15, -0.1) is 15.3 Å². The largest absolute Gasteiger partial charge is 0.352 e. The fourth-order valence-electron chi connectivity index (χ4n) is 4.43. The Bertz CT molecular complexity index is 1040. The number of hydrogen-bond donors (Lipinski definition) is 0. The zero-order valence-electron chi connectivity index (χ0n) is 18.3. The lowest BCUT2D eigenvalue weighted by atomic mass is 10.0. The quantitative estimate of drug-likeness (QED) is 0.626. The van der Waals surface area contributed by atoms with Gasteiger partial charge in [-0.3, -0.25) is 4.79 Å². The molecule has 4 heterocycles. The van der Waals surface area contributed by atoms with Gasteiger partial charge >= 0.3 is 0 Å². The molecule has 9 nitrogen and oxygen atoms in total. The maximum atomic E-state index is 12.9. The van der Waals surface area contributed by atoms with Crippen molar-refractivity contribution in [1.82, 2.24) is 30.1 Å². The van der Waals surface area contributed by atoms with Gasteiger partial charge in [-0.25, -0.2) is 0 Å². The molecule has 2 aliphatic rings. The number of aromatic nitrogens is 5. The Hall–Kier alpha value is -3.49. The average molecular weight is 433 g/mol. The van der Waals surface area contributed by atoms with Crippen molar-refractivity contribution in [2.75, 3.05) is 42.5 Å². The smallest absolute Gasteiger partial charge is 0.276 e. The molecule has 1 atom stereocenters. The first-order valence-electron chi connectivity index (χ1n) is 11.3. The summed E-state index contributed by atoms with van der Waals surface area (Å²) in [4.78, 5) is 20.7. The second kappa shape index (κ2) is 8.94. The van der Waals surface area contributed by atoms with Crippen LogP contribution in [0.4, 0.5) is 11.6 Å². The first kappa shape index (κ1) is 20.4. The van der Waals surface area contributed by atoms with Crippen molar-refractivity contribution in [2.45, 2.75) is 32.2 Å². The van der Waals surface area contributed by atoms with Crippen LogP contribution in [0.5, 0.6) is 0 Å². The summed E-state index contributed by atoms with van der Waals surface area (Å²) in [6.07, 6.45) is 5.24. The first-order chi connectivity index (χ1) is 15.7. The van der Waals surface area contributed by atoms with Crippen molar-refractivity contribution in [3.05, 3.63) is 54.4 Å². The van der Waals surface area contributed by atoms with Crippen LogP contribution in [0.1, 0.15) is 36.7 Å². The van der Waals surface area contributed by atoms with Gasteiger partial charge in [0.1, 0.15) is 0 Å². The molecule has 1 amide bonds. The van der Waals surface area contributed by atoms with E-state index >= 15 is 0 Å². The maximum Gasteiger partial charge on any atom is 0.276 e. The standard InChI is InChI=1S/C23H28N8O/c1-18-7-5-6-12-30(18)22-11-10-21(25-26-22)28-13-15-29(16-14-28)23(32)20-17-24-31(27-20)19-8-3-2-4-9-19/h2-4,8-11,17-18H,5-7,12-16H2,1H3. The zero-order chi connectivity index (χ0) is 21.9. The highest BCUT2D eigenvalue weighted by molar-refractivity contribution is 5.92. The van der Waals surface area contributed by atoms with E-state index in [1.54, 1.807) is 0 Å². The van der Waals surface area contributed by atoms with Crippen molar-refractivity contribution < 1.29 is 4.79 Å². The molecule has 0 bridgehead atoms. The van der Waals surface area contributed by atoms with Crippen LogP contribution in [-0.2, 0) is 0 Å². The molecule has 1 unspecified atom stereocenters. The van der Waals surface area contributed by atoms with Crippen molar-refractivity contribution >= 4 is 17.5 Å². The van der Waals surface area contributed by atoms with Gasteiger partial charge in [0, 0.05) is 38.8 Å². The molecule has 0 radical (unpaired) electrons. The van der Waals surface area contributed by atoms with E-state index < -0.39 is 0 Å². The minimum Gasteiger partial charge on any atom is -0.352 e. The number of benzene rings is 1. The summed E-state index contributed by atoms with van der Waals surface area (Å²) in [6.45, 7) is 5.96. The van der Waals surface area contributed by atoms with Crippen LogP contribution in [0.15, 0.2) is 48.7 Å². The van der Waals surface area contributed by atoms with Crippen LogP contribution in [0.25, 0.3) is 5.69 Å². The highest BCUT2D eigenvalue weighted by Crippen LogP contribution is 2.24. The molecule has 0 aliphatic carbocycles. The predicted molar refractivity (Wildman–Crippen MR) is 122 cm³/mol. The first-order valence-corrected chi connectivity index (χ1v) is 11.3. The Morgan fingerprint density at radius 3 is 2.38 bits per heavy atom. The summed E-state index contributed by atoms with van der Waals surface area (Å²) in [7, 11) is 0. The SMILES string of the molecule is CC1CCCCN1c1ccc(N2CCN(C(=O)c3cnn(-c4ccccc4)n3)CC2)nn1. The fourth-order valence-corrected chi connectivity index (χ4v) is 4.43. The van der Waals surface area contributed by atoms with Crippen LogP contribution in [-0.4, -0.2) is 74.8 Å². The third-order valence-electron chi connectivity index (χ3n) is 6.32. The number of amides is 1. The predicted octanol–water partition coefficient (Wildman–Crippen LogP) is 2.40. The molecule has 166 valence electrons. The van der Waals surface area contributed by atoms with E-state index in [1.165, 1.54) is 30.3 Å². The molecule has 2 aliphatic heterocycles. The minimum absolute atomic E-state index is 0.0904. The van der Waals surface area contributed by atoms with Crippen LogP contribution >= 0.6 is 0 Å². The van der Waals surface area contributed by atoms with E-state index in [9.17, 15) is 4.79 Å². The average Bonchev–Trinajstić information content (AvgIpc) is 3.35. The molecular formula is C23H28N8O. The zero-order valence-corrected chi connectivity index (χ0v) is 18.3. The molecule has 3 aromatic rings. The Balaban J connectivity index is 1.19. The van der Waals surface area contributed by atoms with Crippen LogP contribution < -0.4 is 9.80 Å². The van der Waals surface area contributed by atoms with Gasteiger partial charge in [0.25, 0.3) is 5.91 Å². The monoisotopic (exact) mass is 432 g/mol. The van der Waals surface area contributed by atoms with Gasteiger partial charge in [0.15, 0.2) is 17.3 Å². The summed E-state index contributed by atoms with van der Waals surface area (Å²) in [5.74, 6) is 1.73. The number of carbonyl (C=O) groups is 1. The fraction of sp³-hybridized carbons (Fsp3) is 0.435. The summed E-state index contributed by atoms with van der Waals surface area (Å²) in [6, 6.07) is 14.2. The van der Waals surface area contributed by atoms with Crippen LogP contribution in [0.2, 0.25) is 0 Å². The van der Waals surface area contributed by atoms with E-state index in [0.29, 0.717) is 37.9 Å². The number of carbonyl (C=O) groups excluding carboxylic acids is 1. The topological polar surface area (TPSA) is 83.3 Å². The van der Waals surface area contributed by atoms with Crippen molar-refractivity contribution in [2.24, 2.45) is 0 Å². The Morgan fingerprint density at radius 2 is 1.66 bits per heavy atom. The lowest BCUT2D eigenvalue weighted by molar-refractivity contribution is 0.0740. The third-order valence-corrected chi connectivity index (χ3v) is 6.32. The molecule has 5 rings (SSSR count). The highest BCUT2D eigenvalue weighted by Gasteiger charge is 2.26. The lowest BCUT2D eigenvalue weighted by Crippen LogP contribution is -2.49. The number of para-hydroxylation sites is 1. The summed E-state index contributed by atoms with van der Waals surface area (Å²) < 4.78 is 0. The Morgan fingerprint density at radius 1 is 0.906 bits per heavy atom. The normalized spacial score (nSPS) is 19.3. The second-order valence-corrected chi connectivity index (χ2v) is 8.42. The highest BCUT2D eigenvalue weighted by atomic mass is 16.2. The van der Waals surface area contributed by atoms with Gasteiger partial charge in [0.2, 0.25) is 0 Å². The number of piperazine rings is 1. The molecule has 0 N–H and O–H groups in total. The Labute approximate surface area is 187 Å². The summed E-state index contributed by atoms with van der Waals surface area (Å²) in [5, 5.41) is 17.6. The van der Waals surface area contributed by atoms with E-state index in [2.05, 4.69) is 43.2 Å². The molecular weight excluding hydrogens is 404 g/mol. The van der Waals surface area contributed by atoms with Crippen LogP contribution in [0.3, 0.4) is 0 Å². The van der Waals surface area contributed by atoms with Crippen molar-refractivity contribution in [3.8, 4) is 5.69 Å². The summed E-state index contributed by atoms with van der Waals surface area (Å²) in [5.41, 5.74) is 1.19. The molecule has 0 spiro atoms. The van der Waals surface area contributed by atoms with Crippen molar-refractivity contribution in [1.29, 1.82) is 0 Å². The number of hydrogen-bond acceptors (Lipinski definition) is 7. The van der Waals surface area contributed by atoms with Gasteiger partial charge < -0.3 is 14.7 Å². The number of piperidine rings is 1. The maximum absolute atomic E-state index is 12.9. The molecule has 32 heavy (non-hydrogen) atoms. The van der Waals surface area contributed by atoms with E-state index in [-0.39, 0.29) is 5.91 Å². The molecule has 0 saturated carbocycles. The molecule has 9 heteroatoms. The number of anilines is 2. The van der Waals surface area contributed by atoms with E-state index in [0.717, 1.165) is 23.9 Å². The Kier molecular flexibility index (Phi) is 5.70. The van der Waals surface area contributed by atoms with Crippen molar-refractivity contribution in [3.63, 3.8) is 0 Å². The second-order valence-electron chi connectivity index (χ2n) is 8.42. The van der Waals surface area contributed by atoms with Crippen LogP contribution in [0, 0.1) is 0 Å². The molecule has 1 aromatic carbocycles. The minimum atomic E-state index is -0.0904. The molecule has 2 fully saturated rings. The van der Waals surface area contributed by atoms with Gasteiger partial charge in [0.05, 0.1) is 11.9 Å². The van der Waals surface area contributed by atoms with Gasteiger partial charge in [-0.1, -0.05) is 18.2 Å². The molecule has 2 aromatic heterocycles. The lowest BCUT2D eigenvalue weighted by Gasteiger charge is -2.36. The van der Waals surface area contributed by atoms with Gasteiger partial charge in [-0.05, 0) is 50.5 Å². The third kappa shape index (κ3) is 4.15. The summed E-state index contributed by atoms with van der Waals surface area (Å²) >= 11 is 0. The van der Waals surface area contributed by atoms with E-state index in [1.807, 2.05) is 41.3 Å². The van der Waals surface area contributed by atoms with Gasteiger partial charge in [-0.2, -0.15) is 9.90 Å².